The van der Waals surface area contributed by atoms with Crippen molar-refractivity contribution in [1.82, 2.24) is 5.32 Å². The van der Waals surface area contributed by atoms with Crippen molar-refractivity contribution in [3.05, 3.63) is 83.9 Å². The summed E-state index contributed by atoms with van der Waals surface area (Å²) in [6.45, 7) is 5.35. The van der Waals surface area contributed by atoms with Gasteiger partial charge in [0.1, 0.15) is 22.6 Å². The second-order valence-electron chi connectivity index (χ2n) is 9.77. The molecule has 0 aromatic heterocycles. The molecule has 1 unspecified atom stereocenters. The molecule has 182 valence electrons. The highest BCUT2D eigenvalue weighted by Crippen LogP contribution is 2.36. The Kier molecular flexibility index (Phi) is 6.83. The molecule has 1 aliphatic rings. The summed E-state index contributed by atoms with van der Waals surface area (Å²) in [5.41, 5.74) is 2.20. The largest absolute Gasteiger partial charge is 0.467 e. The van der Waals surface area contributed by atoms with Crippen molar-refractivity contribution >= 4 is 12.1 Å². The predicted octanol–water partition coefficient (Wildman–Crippen LogP) is 6.07. The molecule has 3 aromatic rings. The number of carbonyl (C=O) groups excluding carboxylic acids is 2. The maximum absolute atomic E-state index is 12.9. The Labute approximate surface area is 206 Å². The van der Waals surface area contributed by atoms with Crippen molar-refractivity contribution in [1.29, 1.82) is 0 Å². The molecule has 1 aliphatic carbocycles. The van der Waals surface area contributed by atoms with E-state index in [0.717, 1.165) is 28.0 Å². The van der Waals surface area contributed by atoms with Gasteiger partial charge in [0.15, 0.2) is 0 Å². The number of hydrogen-bond acceptors (Lipinski definition) is 5. The highest BCUT2D eigenvalue weighted by Gasteiger charge is 2.44. The van der Waals surface area contributed by atoms with Crippen LogP contribution in [0.15, 0.2) is 72.8 Å². The predicted molar refractivity (Wildman–Crippen MR) is 135 cm³/mol. The minimum Gasteiger partial charge on any atom is -0.467 e. The number of amides is 1. The van der Waals surface area contributed by atoms with Gasteiger partial charge >= 0.3 is 12.1 Å². The topological polar surface area (TPSA) is 73.9 Å². The molecular formula is C29H31NO5. The van der Waals surface area contributed by atoms with Crippen LogP contribution in [-0.2, 0) is 27.1 Å². The normalized spacial score (nSPS) is 17.1. The van der Waals surface area contributed by atoms with Crippen molar-refractivity contribution < 1.29 is 23.8 Å². The second-order valence-corrected chi connectivity index (χ2v) is 9.77. The smallest absolute Gasteiger partial charge is 0.408 e. The molecule has 3 aromatic carbocycles. The van der Waals surface area contributed by atoms with E-state index < -0.39 is 23.2 Å². The molecule has 6 nitrogen and oxygen atoms in total. The fourth-order valence-corrected chi connectivity index (χ4v) is 4.40. The first-order valence-electron chi connectivity index (χ1n) is 11.7. The Morgan fingerprint density at radius 1 is 0.914 bits per heavy atom. The molecule has 35 heavy (non-hydrogen) atoms. The molecule has 0 fully saturated rings. The molecular weight excluding hydrogens is 442 g/mol. The standard InChI is InChI=1S/C29H31NO5/c1-28(2,3)35-27(32)30-29(26(31)33-4)17-16-20-14-15-23(18-22(20)19-29)34-25-13-9-8-12-24(25)21-10-6-5-7-11-21/h5-15,18H,16-17,19H2,1-4H3,(H,30,32). The van der Waals surface area contributed by atoms with Gasteiger partial charge in [0, 0.05) is 12.0 Å². The fraction of sp³-hybridized carbons (Fsp3) is 0.310. The number of ether oxygens (including phenoxy) is 3. The van der Waals surface area contributed by atoms with E-state index in [9.17, 15) is 9.59 Å². The van der Waals surface area contributed by atoms with E-state index in [1.54, 1.807) is 20.8 Å². The number of nitrogens with one attached hydrogen (secondary N) is 1. The van der Waals surface area contributed by atoms with E-state index in [-0.39, 0.29) is 6.42 Å². The summed E-state index contributed by atoms with van der Waals surface area (Å²) in [5, 5.41) is 2.80. The van der Waals surface area contributed by atoms with Crippen LogP contribution in [-0.4, -0.2) is 30.3 Å². The van der Waals surface area contributed by atoms with Crippen LogP contribution in [0.4, 0.5) is 4.79 Å². The number of rotatable bonds is 5. The van der Waals surface area contributed by atoms with Crippen molar-refractivity contribution in [2.75, 3.05) is 7.11 Å². The third-order valence-electron chi connectivity index (χ3n) is 6.01. The molecule has 1 N–H and O–H groups in total. The van der Waals surface area contributed by atoms with Gasteiger partial charge in [0.05, 0.1) is 7.11 Å². The average molecular weight is 474 g/mol. The highest BCUT2D eigenvalue weighted by molar-refractivity contribution is 5.86. The summed E-state index contributed by atoms with van der Waals surface area (Å²) in [5.74, 6) is 0.903. The first-order chi connectivity index (χ1) is 16.7. The lowest BCUT2D eigenvalue weighted by Crippen LogP contribution is -2.59. The molecule has 0 radical (unpaired) electrons. The van der Waals surface area contributed by atoms with Gasteiger partial charge in [-0.3, -0.25) is 0 Å². The summed E-state index contributed by atoms with van der Waals surface area (Å²) in [6, 6.07) is 23.8. The fourth-order valence-electron chi connectivity index (χ4n) is 4.40. The van der Waals surface area contributed by atoms with Gasteiger partial charge in [0.2, 0.25) is 0 Å². The number of hydrogen-bond donors (Lipinski definition) is 1. The molecule has 4 rings (SSSR count). The van der Waals surface area contributed by atoms with Crippen molar-refractivity contribution in [3.8, 4) is 22.6 Å². The average Bonchev–Trinajstić information content (AvgIpc) is 2.83. The molecule has 0 saturated heterocycles. The first-order valence-corrected chi connectivity index (χ1v) is 11.7. The Balaban J connectivity index is 1.61. The number of benzene rings is 3. The zero-order chi connectivity index (χ0) is 25.1. The Hall–Kier alpha value is -3.80. The minimum atomic E-state index is -1.20. The zero-order valence-electron chi connectivity index (χ0n) is 20.6. The van der Waals surface area contributed by atoms with Crippen molar-refractivity contribution in [3.63, 3.8) is 0 Å². The van der Waals surface area contributed by atoms with E-state index in [2.05, 4.69) is 5.32 Å². The van der Waals surface area contributed by atoms with Crippen LogP contribution >= 0.6 is 0 Å². The summed E-state index contributed by atoms with van der Waals surface area (Å²) in [7, 11) is 1.33. The molecule has 1 amide bonds. The number of esters is 1. The SMILES string of the molecule is COC(=O)C1(NC(=O)OC(C)(C)C)CCc2ccc(Oc3ccccc3-c3ccccc3)cc2C1. The molecule has 6 heteroatoms. The highest BCUT2D eigenvalue weighted by atomic mass is 16.6. The lowest BCUT2D eigenvalue weighted by molar-refractivity contribution is -0.149. The van der Waals surface area contributed by atoms with E-state index in [1.165, 1.54) is 7.11 Å². The van der Waals surface area contributed by atoms with Crippen LogP contribution in [0.2, 0.25) is 0 Å². The first kappa shape index (κ1) is 24.3. The van der Waals surface area contributed by atoms with Crippen LogP contribution in [0.5, 0.6) is 11.5 Å². The Bertz CT molecular complexity index is 1220. The second kappa shape index (κ2) is 9.82. The zero-order valence-corrected chi connectivity index (χ0v) is 20.6. The Morgan fingerprint density at radius 3 is 2.34 bits per heavy atom. The minimum absolute atomic E-state index is 0.284. The van der Waals surface area contributed by atoms with E-state index in [0.29, 0.717) is 18.6 Å². The number of methoxy groups -OCH3 is 1. The van der Waals surface area contributed by atoms with E-state index >= 15 is 0 Å². The lowest BCUT2D eigenvalue weighted by Gasteiger charge is -2.36. The number of carbonyl (C=O) groups is 2. The molecule has 0 saturated carbocycles. The third-order valence-corrected chi connectivity index (χ3v) is 6.01. The monoisotopic (exact) mass is 473 g/mol. The van der Waals surface area contributed by atoms with E-state index in [4.69, 9.17) is 14.2 Å². The summed E-state index contributed by atoms with van der Waals surface area (Å²) in [4.78, 5) is 25.4. The number of para-hydroxylation sites is 1. The van der Waals surface area contributed by atoms with Gasteiger partial charge in [-0.2, -0.15) is 0 Å². The van der Waals surface area contributed by atoms with Crippen molar-refractivity contribution in [2.24, 2.45) is 0 Å². The number of fused-ring (bicyclic) bond motifs is 1. The van der Waals surface area contributed by atoms with Crippen LogP contribution in [0.1, 0.15) is 38.3 Å². The number of alkyl carbamates (subject to hydrolysis) is 1. The van der Waals surface area contributed by atoms with Crippen LogP contribution < -0.4 is 10.1 Å². The van der Waals surface area contributed by atoms with Gasteiger partial charge in [-0.15, -0.1) is 0 Å². The van der Waals surface area contributed by atoms with Crippen LogP contribution in [0, 0.1) is 0 Å². The van der Waals surface area contributed by atoms with Gasteiger partial charge in [-0.1, -0.05) is 54.6 Å². The number of aryl methyl sites for hydroxylation is 1. The molecule has 0 spiro atoms. The molecule has 0 heterocycles. The van der Waals surface area contributed by atoms with Crippen LogP contribution in [0.25, 0.3) is 11.1 Å². The summed E-state index contributed by atoms with van der Waals surface area (Å²) < 4.78 is 16.8. The summed E-state index contributed by atoms with van der Waals surface area (Å²) in [6.07, 6.45) is 0.672. The Morgan fingerprint density at radius 2 is 1.63 bits per heavy atom. The van der Waals surface area contributed by atoms with Gasteiger partial charge < -0.3 is 19.5 Å². The van der Waals surface area contributed by atoms with Crippen LogP contribution in [0.3, 0.4) is 0 Å². The quantitative estimate of drug-likeness (QED) is 0.455. The maximum atomic E-state index is 12.9. The third kappa shape index (κ3) is 5.65. The van der Waals surface area contributed by atoms with Gasteiger partial charge in [-0.25, -0.2) is 9.59 Å². The van der Waals surface area contributed by atoms with Gasteiger partial charge in [0.25, 0.3) is 0 Å². The molecule has 1 atom stereocenters. The lowest BCUT2D eigenvalue weighted by atomic mass is 9.78. The van der Waals surface area contributed by atoms with E-state index in [1.807, 2.05) is 72.8 Å². The molecule has 0 bridgehead atoms. The molecule has 0 aliphatic heterocycles. The maximum Gasteiger partial charge on any atom is 0.408 e. The van der Waals surface area contributed by atoms with Gasteiger partial charge in [-0.05, 0) is 68.5 Å². The summed E-state index contributed by atoms with van der Waals surface area (Å²) >= 11 is 0. The van der Waals surface area contributed by atoms with Crippen molar-refractivity contribution in [2.45, 2.75) is 51.2 Å².